The summed E-state index contributed by atoms with van der Waals surface area (Å²) in [6, 6.07) is 7.87. The molecule has 19 heavy (non-hydrogen) atoms. The number of nitrogens with zero attached hydrogens (tertiary/aromatic N) is 2. The Bertz CT molecular complexity index is 420. The monoisotopic (exact) mass is 277 g/mol. The molecule has 1 aliphatic carbocycles. The fraction of sp³-hybridized carbons (Fsp3) is 0.667. The number of aromatic nitrogens is 1. The largest absolute Gasteiger partial charge is 0.308 e. The summed E-state index contributed by atoms with van der Waals surface area (Å²) in [5.41, 5.74) is 2.40. The summed E-state index contributed by atoms with van der Waals surface area (Å²) in [4.78, 5) is 7.34. The average Bonchev–Trinajstić information content (AvgIpc) is 3.24. The average molecular weight is 277 g/mol. The molecule has 2 heterocycles. The molecule has 1 unspecified atom stereocenters. The van der Waals surface area contributed by atoms with Crippen LogP contribution in [0.5, 0.6) is 0 Å². The van der Waals surface area contributed by atoms with Gasteiger partial charge in [0.15, 0.2) is 0 Å². The fourth-order valence-corrected chi connectivity index (χ4v) is 3.54. The number of pyridine rings is 1. The Morgan fingerprint density at radius 2 is 2.21 bits per heavy atom. The molecule has 1 atom stereocenters. The highest BCUT2D eigenvalue weighted by Crippen LogP contribution is 2.20. The summed E-state index contributed by atoms with van der Waals surface area (Å²) >= 11 is 2.07. The van der Waals surface area contributed by atoms with Gasteiger partial charge in [0.05, 0.1) is 11.4 Å². The second-order valence-electron chi connectivity index (χ2n) is 5.67. The first kappa shape index (κ1) is 13.4. The molecule has 1 saturated heterocycles. The third kappa shape index (κ3) is 3.94. The van der Waals surface area contributed by atoms with Gasteiger partial charge in [-0.2, -0.15) is 11.8 Å². The summed E-state index contributed by atoms with van der Waals surface area (Å²) in [6.07, 6.45) is 2.67. The van der Waals surface area contributed by atoms with Gasteiger partial charge in [-0.15, -0.1) is 0 Å². The number of hydrogen-bond donors (Lipinski definition) is 1. The highest BCUT2D eigenvalue weighted by atomic mass is 32.2. The van der Waals surface area contributed by atoms with E-state index < -0.39 is 0 Å². The van der Waals surface area contributed by atoms with Crippen LogP contribution in [0.25, 0.3) is 0 Å². The van der Waals surface area contributed by atoms with Gasteiger partial charge in [-0.05, 0) is 31.9 Å². The Morgan fingerprint density at radius 1 is 1.37 bits per heavy atom. The number of rotatable bonds is 5. The van der Waals surface area contributed by atoms with E-state index in [9.17, 15) is 0 Å². The molecule has 1 aliphatic heterocycles. The lowest BCUT2D eigenvalue weighted by Gasteiger charge is -2.32. The van der Waals surface area contributed by atoms with Crippen molar-refractivity contribution >= 4 is 11.8 Å². The highest BCUT2D eigenvalue weighted by molar-refractivity contribution is 7.99. The van der Waals surface area contributed by atoms with E-state index in [0.29, 0.717) is 6.04 Å². The van der Waals surface area contributed by atoms with Crippen molar-refractivity contribution in [3.8, 4) is 0 Å². The minimum absolute atomic E-state index is 0.675. The van der Waals surface area contributed by atoms with Crippen LogP contribution in [-0.4, -0.2) is 40.0 Å². The van der Waals surface area contributed by atoms with Crippen molar-refractivity contribution in [2.75, 3.05) is 18.1 Å². The molecular weight excluding hydrogens is 254 g/mol. The fourth-order valence-electron chi connectivity index (χ4n) is 2.46. The maximum Gasteiger partial charge on any atom is 0.0547 e. The summed E-state index contributed by atoms with van der Waals surface area (Å²) in [7, 11) is 0. The first-order valence-electron chi connectivity index (χ1n) is 7.31. The zero-order valence-electron chi connectivity index (χ0n) is 11.6. The van der Waals surface area contributed by atoms with Crippen LogP contribution in [0.2, 0.25) is 0 Å². The molecule has 3 nitrogen and oxygen atoms in total. The molecule has 4 heteroatoms. The third-order valence-corrected chi connectivity index (χ3v) is 5.07. The van der Waals surface area contributed by atoms with Gasteiger partial charge in [0.1, 0.15) is 0 Å². The quantitative estimate of drug-likeness (QED) is 0.894. The van der Waals surface area contributed by atoms with Crippen molar-refractivity contribution in [2.45, 2.75) is 44.9 Å². The molecule has 1 aromatic rings. The van der Waals surface area contributed by atoms with Crippen molar-refractivity contribution < 1.29 is 0 Å². The van der Waals surface area contributed by atoms with Crippen LogP contribution in [0.4, 0.5) is 0 Å². The first-order valence-corrected chi connectivity index (χ1v) is 8.47. The summed E-state index contributed by atoms with van der Waals surface area (Å²) < 4.78 is 0. The van der Waals surface area contributed by atoms with Crippen LogP contribution in [0, 0.1) is 0 Å². The van der Waals surface area contributed by atoms with Crippen LogP contribution in [0.15, 0.2) is 18.2 Å². The topological polar surface area (TPSA) is 28.2 Å². The van der Waals surface area contributed by atoms with Gasteiger partial charge in [0.2, 0.25) is 0 Å². The van der Waals surface area contributed by atoms with Gasteiger partial charge in [0, 0.05) is 43.2 Å². The van der Waals surface area contributed by atoms with Crippen molar-refractivity contribution in [2.24, 2.45) is 0 Å². The lowest BCUT2D eigenvalue weighted by atomic mass is 10.2. The predicted octanol–water partition coefficient (Wildman–Crippen LogP) is 2.27. The Balaban J connectivity index is 1.58. The smallest absolute Gasteiger partial charge is 0.0547 e. The zero-order valence-corrected chi connectivity index (χ0v) is 12.5. The van der Waals surface area contributed by atoms with E-state index in [1.165, 1.54) is 42.3 Å². The van der Waals surface area contributed by atoms with Gasteiger partial charge in [-0.1, -0.05) is 6.07 Å². The second kappa shape index (κ2) is 6.25. The van der Waals surface area contributed by atoms with E-state index in [0.717, 1.165) is 19.1 Å². The Hall–Kier alpha value is -0.580. The lowest BCUT2D eigenvalue weighted by molar-refractivity contribution is 0.221. The lowest BCUT2D eigenvalue weighted by Crippen LogP contribution is -2.39. The van der Waals surface area contributed by atoms with E-state index in [2.05, 4.69) is 47.1 Å². The summed E-state index contributed by atoms with van der Waals surface area (Å²) in [5.74, 6) is 2.51. The Morgan fingerprint density at radius 3 is 3.00 bits per heavy atom. The van der Waals surface area contributed by atoms with E-state index >= 15 is 0 Å². The number of nitrogens with one attached hydrogen (secondary N) is 1. The molecule has 0 aromatic carbocycles. The standard InChI is InChI=1S/C15H23N3S/c1-12-11-19-8-7-18(12)10-15-4-2-3-14(17-15)9-16-13-5-6-13/h2-4,12-13,16H,5-11H2,1H3. The molecule has 104 valence electrons. The third-order valence-electron chi connectivity index (χ3n) is 3.88. The van der Waals surface area contributed by atoms with Crippen LogP contribution in [0.3, 0.4) is 0 Å². The van der Waals surface area contributed by atoms with Crippen LogP contribution in [0.1, 0.15) is 31.2 Å². The molecule has 1 saturated carbocycles. The predicted molar refractivity (Wildman–Crippen MR) is 81.3 cm³/mol. The van der Waals surface area contributed by atoms with Crippen molar-refractivity contribution in [3.05, 3.63) is 29.6 Å². The van der Waals surface area contributed by atoms with E-state index in [1.54, 1.807) is 0 Å². The van der Waals surface area contributed by atoms with Gasteiger partial charge in [0.25, 0.3) is 0 Å². The second-order valence-corrected chi connectivity index (χ2v) is 6.82. The molecule has 2 aliphatic rings. The van der Waals surface area contributed by atoms with Crippen molar-refractivity contribution in [1.82, 2.24) is 15.2 Å². The first-order chi connectivity index (χ1) is 9.31. The maximum atomic E-state index is 4.79. The zero-order chi connectivity index (χ0) is 13.1. The Labute approximate surface area is 120 Å². The van der Waals surface area contributed by atoms with Gasteiger partial charge < -0.3 is 5.32 Å². The van der Waals surface area contributed by atoms with Crippen LogP contribution >= 0.6 is 11.8 Å². The molecular formula is C15H23N3S. The van der Waals surface area contributed by atoms with Crippen molar-refractivity contribution in [1.29, 1.82) is 0 Å². The highest BCUT2D eigenvalue weighted by Gasteiger charge is 2.21. The molecule has 0 radical (unpaired) electrons. The molecule has 0 amide bonds. The molecule has 3 rings (SSSR count). The molecule has 0 bridgehead atoms. The molecule has 0 spiro atoms. The number of hydrogen-bond acceptors (Lipinski definition) is 4. The molecule has 2 fully saturated rings. The Kier molecular flexibility index (Phi) is 4.41. The SMILES string of the molecule is CC1CSCCN1Cc1cccc(CNC2CC2)n1. The van der Waals surface area contributed by atoms with Gasteiger partial charge >= 0.3 is 0 Å². The van der Waals surface area contributed by atoms with Crippen LogP contribution in [-0.2, 0) is 13.1 Å². The molecule has 1 N–H and O–H groups in total. The normalized spacial score (nSPS) is 24.6. The minimum Gasteiger partial charge on any atom is -0.308 e. The van der Waals surface area contributed by atoms with Crippen molar-refractivity contribution in [3.63, 3.8) is 0 Å². The van der Waals surface area contributed by atoms with Gasteiger partial charge in [-0.3, -0.25) is 9.88 Å². The van der Waals surface area contributed by atoms with E-state index in [1.807, 2.05) is 0 Å². The van der Waals surface area contributed by atoms with E-state index in [-0.39, 0.29) is 0 Å². The maximum absolute atomic E-state index is 4.79. The summed E-state index contributed by atoms with van der Waals surface area (Å²) in [6.45, 7) is 5.44. The summed E-state index contributed by atoms with van der Waals surface area (Å²) in [5, 5.41) is 3.53. The van der Waals surface area contributed by atoms with Crippen LogP contribution < -0.4 is 5.32 Å². The molecule has 1 aromatic heterocycles. The van der Waals surface area contributed by atoms with E-state index in [4.69, 9.17) is 4.98 Å². The van der Waals surface area contributed by atoms with Gasteiger partial charge in [-0.25, -0.2) is 0 Å². The minimum atomic E-state index is 0.675. The number of thioether (sulfide) groups is 1.